The minimum atomic E-state index is 1.10. The first-order valence-electron chi connectivity index (χ1n) is 5.99. The molecule has 2 heterocycles. The SMILES string of the molecule is C=C(C=Cc1cc(C)sc1C)c1cc(C)sc1C. The second-order valence-electron chi connectivity index (χ2n) is 4.55. The number of allylic oxidation sites excluding steroid dienone is 2. The summed E-state index contributed by atoms with van der Waals surface area (Å²) in [5.74, 6) is 0. The Morgan fingerprint density at radius 2 is 1.61 bits per heavy atom. The molecule has 0 saturated heterocycles. The van der Waals surface area contributed by atoms with Gasteiger partial charge in [-0.2, -0.15) is 0 Å². The molecule has 0 unspecified atom stereocenters. The Balaban J connectivity index is 2.22. The van der Waals surface area contributed by atoms with E-state index < -0.39 is 0 Å². The van der Waals surface area contributed by atoms with Crippen LogP contribution in [0.25, 0.3) is 11.6 Å². The second-order valence-corrected chi connectivity index (χ2v) is 7.47. The van der Waals surface area contributed by atoms with Gasteiger partial charge in [0, 0.05) is 19.5 Å². The van der Waals surface area contributed by atoms with E-state index >= 15 is 0 Å². The Morgan fingerprint density at radius 1 is 1.00 bits per heavy atom. The molecule has 94 valence electrons. The summed E-state index contributed by atoms with van der Waals surface area (Å²) in [7, 11) is 0. The van der Waals surface area contributed by atoms with Gasteiger partial charge >= 0.3 is 0 Å². The topological polar surface area (TPSA) is 0 Å². The van der Waals surface area contributed by atoms with Gasteiger partial charge in [0.1, 0.15) is 0 Å². The van der Waals surface area contributed by atoms with E-state index in [2.05, 4.69) is 58.6 Å². The molecule has 18 heavy (non-hydrogen) atoms. The van der Waals surface area contributed by atoms with Gasteiger partial charge in [0.2, 0.25) is 0 Å². The van der Waals surface area contributed by atoms with Crippen LogP contribution in [0.15, 0.2) is 24.8 Å². The first-order valence-corrected chi connectivity index (χ1v) is 7.62. The maximum atomic E-state index is 4.17. The molecule has 0 fully saturated rings. The van der Waals surface area contributed by atoms with E-state index in [4.69, 9.17) is 0 Å². The highest BCUT2D eigenvalue weighted by Crippen LogP contribution is 2.28. The lowest BCUT2D eigenvalue weighted by Crippen LogP contribution is -1.77. The molecular formula is C16H18S2. The molecule has 0 bridgehead atoms. The number of aryl methyl sites for hydroxylation is 4. The van der Waals surface area contributed by atoms with Crippen molar-refractivity contribution in [3.05, 3.63) is 55.4 Å². The largest absolute Gasteiger partial charge is 0.145 e. The summed E-state index contributed by atoms with van der Waals surface area (Å²) < 4.78 is 0. The second kappa shape index (κ2) is 5.25. The highest BCUT2D eigenvalue weighted by molar-refractivity contribution is 7.12. The van der Waals surface area contributed by atoms with Crippen molar-refractivity contribution in [2.24, 2.45) is 0 Å². The van der Waals surface area contributed by atoms with E-state index in [1.807, 2.05) is 22.7 Å². The standard InChI is InChI=1S/C16H18S2/c1-10(16-9-12(3)18-14(16)5)6-7-15-8-11(2)17-13(15)4/h6-9H,1H2,2-5H3. The fourth-order valence-corrected chi connectivity index (χ4v) is 3.92. The molecule has 2 heteroatoms. The minimum absolute atomic E-state index is 1.10. The van der Waals surface area contributed by atoms with Crippen LogP contribution in [0.4, 0.5) is 0 Å². The Hall–Kier alpha value is -1.12. The van der Waals surface area contributed by atoms with Crippen molar-refractivity contribution in [2.45, 2.75) is 27.7 Å². The van der Waals surface area contributed by atoms with Crippen molar-refractivity contribution in [3.8, 4) is 0 Å². The van der Waals surface area contributed by atoms with E-state index in [0.717, 1.165) is 5.57 Å². The van der Waals surface area contributed by atoms with Gasteiger partial charge in [-0.25, -0.2) is 0 Å². The van der Waals surface area contributed by atoms with Gasteiger partial charge in [0.25, 0.3) is 0 Å². The molecule has 2 aromatic rings. The van der Waals surface area contributed by atoms with Gasteiger partial charge < -0.3 is 0 Å². The number of hydrogen-bond acceptors (Lipinski definition) is 2. The highest BCUT2D eigenvalue weighted by Gasteiger charge is 2.04. The summed E-state index contributed by atoms with van der Waals surface area (Å²) in [4.78, 5) is 5.43. The van der Waals surface area contributed by atoms with E-state index in [1.165, 1.54) is 30.6 Å². The van der Waals surface area contributed by atoms with Crippen molar-refractivity contribution < 1.29 is 0 Å². The zero-order valence-corrected chi connectivity index (χ0v) is 13.0. The molecule has 0 aliphatic rings. The van der Waals surface area contributed by atoms with Crippen LogP contribution >= 0.6 is 22.7 Å². The van der Waals surface area contributed by atoms with Crippen LogP contribution in [0.2, 0.25) is 0 Å². The predicted molar refractivity (Wildman–Crippen MR) is 85.7 cm³/mol. The molecule has 0 aliphatic heterocycles. The van der Waals surface area contributed by atoms with Crippen LogP contribution in [0.1, 0.15) is 30.6 Å². The van der Waals surface area contributed by atoms with Crippen LogP contribution in [-0.2, 0) is 0 Å². The van der Waals surface area contributed by atoms with Gasteiger partial charge in [0.15, 0.2) is 0 Å². The van der Waals surface area contributed by atoms with Gasteiger partial charge in [-0.15, -0.1) is 22.7 Å². The lowest BCUT2D eigenvalue weighted by atomic mass is 10.1. The third-order valence-electron chi connectivity index (χ3n) is 2.93. The first kappa shape index (κ1) is 13.3. The normalized spacial score (nSPS) is 11.3. The molecule has 0 spiro atoms. The third-order valence-corrected chi connectivity index (χ3v) is 4.88. The van der Waals surface area contributed by atoms with Crippen LogP contribution in [0, 0.1) is 27.7 Å². The molecule has 0 aliphatic carbocycles. The molecule has 0 N–H and O–H groups in total. The Labute approximate surface area is 117 Å². The number of thiophene rings is 2. The number of rotatable bonds is 3. The van der Waals surface area contributed by atoms with Gasteiger partial charge in [-0.1, -0.05) is 18.7 Å². The smallest absolute Gasteiger partial charge is 0.00951 e. The lowest BCUT2D eigenvalue weighted by Gasteiger charge is -1.98. The Morgan fingerprint density at radius 3 is 2.11 bits per heavy atom. The van der Waals surface area contributed by atoms with Gasteiger partial charge in [-0.3, -0.25) is 0 Å². The molecular weight excluding hydrogens is 256 g/mol. The van der Waals surface area contributed by atoms with Crippen molar-refractivity contribution in [3.63, 3.8) is 0 Å². The molecule has 0 atom stereocenters. The van der Waals surface area contributed by atoms with E-state index in [-0.39, 0.29) is 0 Å². The summed E-state index contributed by atoms with van der Waals surface area (Å²) in [5, 5.41) is 0. The van der Waals surface area contributed by atoms with Crippen LogP contribution < -0.4 is 0 Å². The summed E-state index contributed by atoms with van der Waals surface area (Å²) >= 11 is 3.68. The van der Waals surface area contributed by atoms with Crippen molar-refractivity contribution in [2.75, 3.05) is 0 Å². The van der Waals surface area contributed by atoms with Crippen molar-refractivity contribution in [1.29, 1.82) is 0 Å². The average molecular weight is 274 g/mol. The number of hydrogen-bond donors (Lipinski definition) is 0. The van der Waals surface area contributed by atoms with Crippen LogP contribution in [0.3, 0.4) is 0 Å². The summed E-state index contributed by atoms with van der Waals surface area (Å²) in [6.07, 6.45) is 4.30. The molecule has 0 saturated carbocycles. The van der Waals surface area contributed by atoms with E-state index in [0.29, 0.717) is 0 Å². The maximum Gasteiger partial charge on any atom is 0.00951 e. The lowest BCUT2D eigenvalue weighted by molar-refractivity contribution is 1.55. The molecule has 0 radical (unpaired) electrons. The quantitative estimate of drug-likeness (QED) is 0.623. The fourth-order valence-electron chi connectivity index (χ4n) is 2.05. The first-order chi connectivity index (χ1) is 8.47. The molecule has 2 rings (SSSR count). The van der Waals surface area contributed by atoms with E-state index in [1.54, 1.807) is 0 Å². The summed E-state index contributed by atoms with van der Waals surface area (Å²) in [5.41, 5.74) is 3.68. The van der Waals surface area contributed by atoms with E-state index in [9.17, 15) is 0 Å². The maximum absolute atomic E-state index is 4.17. The highest BCUT2D eigenvalue weighted by atomic mass is 32.1. The van der Waals surface area contributed by atoms with Crippen molar-refractivity contribution >= 4 is 34.3 Å². The Bertz CT molecular complexity index is 609. The van der Waals surface area contributed by atoms with Crippen molar-refractivity contribution in [1.82, 2.24) is 0 Å². The Kier molecular flexibility index (Phi) is 3.88. The predicted octanol–water partition coefficient (Wildman–Crippen LogP) is 5.77. The monoisotopic (exact) mass is 274 g/mol. The van der Waals surface area contributed by atoms with Gasteiger partial charge in [-0.05, 0) is 56.5 Å². The molecule has 0 aromatic carbocycles. The fraction of sp³-hybridized carbons (Fsp3) is 0.250. The van der Waals surface area contributed by atoms with Crippen LogP contribution in [-0.4, -0.2) is 0 Å². The zero-order valence-electron chi connectivity index (χ0n) is 11.3. The molecule has 2 aromatic heterocycles. The third kappa shape index (κ3) is 2.82. The average Bonchev–Trinajstić information content (AvgIpc) is 2.78. The minimum Gasteiger partial charge on any atom is -0.145 e. The summed E-state index contributed by atoms with van der Waals surface area (Å²) in [6, 6.07) is 4.45. The molecule has 0 nitrogen and oxygen atoms in total. The molecule has 0 amide bonds. The zero-order chi connectivity index (χ0) is 13.3. The van der Waals surface area contributed by atoms with Crippen LogP contribution in [0.5, 0.6) is 0 Å². The summed E-state index contributed by atoms with van der Waals surface area (Å²) in [6.45, 7) is 12.8. The van der Waals surface area contributed by atoms with Gasteiger partial charge in [0.05, 0.1) is 0 Å².